The van der Waals surface area contributed by atoms with Crippen LogP contribution < -0.4 is 0 Å². The van der Waals surface area contributed by atoms with Gasteiger partial charge in [-0.2, -0.15) is 0 Å². The molecule has 2 nitrogen and oxygen atoms in total. The minimum atomic E-state index is 0.257. The monoisotopic (exact) mass is 240 g/mol. The van der Waals surface area contributed by atoms with Gasteiger partial charge < -0.3 is 9.84 Å². The van der Waals surface area contributed by atoms with E-state index < -0.39 is 0 Å². The lowest BCUT2D eigenvalue weighted by Gasteiger charge is -2.10. The summed E-state index contributed by atoms with van der Waals surface area (Å²) in [7, 11) is 0. The Balaban J connectivity index is 1.47. The highest BCUT2D eigenvalue weighted by molar-refractivity contribution is 4.89. The van der Waals surface area contributed by atoms with Gasteiger partial charge in [0.2, 0.25) is 0 Å². The lowest BCUT2D eigenvalue weighted by Crippen LogP contribution is -2.04. The van der Waals surface area contributed by atoms with E-state index in [1.54, 1.807) is 0 Å². The summed E-state index contributed by atoms with van der Waals surface area (Å²) < 4.78 is 5.70. The van der Waals surface area contributed by atoms with Gasteiger partial charge in [-0.15, -0.1) is 0 Å². The average molecular weight is 240 g/mol. The van der Waals surface area contributed by atoms with Crippen LogP contribution in [0.25, 0.3) is 0 Å². The first-order chi connectivity index (χ1) is 8.20. The van der Waals surface area contributed by atoms with Crippen LogP contribution in [0.5, 0.6) is 0 Å². The van der Waals surface area contributed by atoms with Crippen molar-refractivity contribution in [3.63, 3.8) is 0 Å². The van der Waals surface area contributed by atoms with Crippen LogP contribution in [0, 0.1) is 23.7 Å². The third kappa shape index (κ3) is 4.59. The second-order valence-corrected chi connectivity index (χ2v) is 6.37. The molecule has 2 heteroatoms. The van der Waals surface area contributed by atoms with Gasteiger partial charge in [0.15, 0.2) is 0 Å². The van der Waals surface area contributed by atoms with Crippen molar-refractivity contribution >= 4 is 0 Å². The third-order valence-corrected chi connectivity index (χ3v) is 4.50. The number of aliphatic hydroxyl groups is 1. The zero-order valence-corrected chi connectivity index (χ0v) is 11.4. The maximum atomic E-state index is 8.68. The first kappa shape index (κ1) is 13.4. The summed E-state index contributed by atoms with van der Waals surface area (Å²) >= 11 is 0. The molecule has 0 aromatic rings. The number of ether oxygens (including phenoxy) is 1. The van der Waals surface area contributed by atoms with E-state index in [4.69, 9.17) is 9.84 Å². The zero-order valence-electron chi connectivity index (χ0n) is 11.4. The molecule has 1 N–H and O–H groups in total. The van der Waals surface area contributed by atoms with Crippen LogP contribution in [0.2, 0.25) is 0 Å². The van der Waals surface area contributed by atoms with Gasteiger partial charge in [-0.1, -0.05) is 20.3 Å². The SMILES string of the molecule is CC(CCC1CC1C)CC1CC1OCCCO. The third-order valence-electron chi connectivity index (χ3n) is 4.50. The summed E-state index contributed by atoms with van der Waals surface area (Å²) in [6, 6.07) is 0. The van der Waals surface area contributed by atoms with E-state index in [-0.39, 0.29) is 6.61 Å². The minimum Gasteiger partial charge on any atom is -0.396 e. The van der Waals surface area contributed by atoms with Gasteiger partial charge in [0.25, 0.3) is 0 Å². The molecule has 2 rings (SSSR count). The fourth-order valence-corrected chi connectivity index (χ4v) is 2.91. The standard InChI is InChI=1S/C15H28O2/c1-11(4-5-13-9-12(13)2)8-14-10-15(14)17-7-3-6-16/h11-16H,3-10H2,1-2H3. The minimum absolute atomic E-state index is 0.257. The molecule has 2 fully saturated rings. The molecule has 0 aromatic carbocycles. The molecule has 0 amide bonds. The van der Waals surface area contributed by atoms with Gasteiger partial charge in [-0.05, 0) is 55.8 Å². The van der Waals surface area contributed by atoms with Crippen LogP contribution in [-0.4, -0.2) is 24.4 Å². The molecule has 0 spiro atoms. The van der Waals surface area contributed by atoms with Crippen LogP contribution in [0.15, 0.2) is 0 Å². The quantitative estimate of drug-likeness (QED) is 0.627. The highest BCUT2D eigenvalue weighted by Crippen LogP contribution is 2.44. The fraction of sp³-hybridized carbons (Fsp3) is 1.00. The van der Waals surface area contributed by atoms with E-state index in [1.807, 2.05) is 0 Å². The van der Waals surface area contributed by atoms with E-state index >= 15 is 0 Å². The summed E-state index contributed by atoms with van der Waals surface area (Å²) in [5, 5.41) is 8.68. The lowest BCUT2D eigenvalue weighted by molar-refractivity contribution is 0.0913. The molecule has 0 aromatic heterocycles. The number of aliphatic hydroxyl groups excluding tert-OH is 1. The Morgan fingerprint density at radius 3 is 2.71 bits per heavy atom. The number of hydrogen-bond acceptors (Lipinski definition) is 2. The first-order valence-electron chi connectivity index (χ1n) is 7.43. The molecular weight excluding hydrogens is 212 g/mol. The maximum Gasteiger partial charge on any atom is 0.0607 e. The summed E-state index contributed by atoms with van der Waals surface area (Å²) in [4.78, 5) is 0. The molecule has 0 radical (unpaired) electrons. The molecule has 5 atom stereocenters. The van der Waals surface area contributed by atoms with Gasteiger partial charge in [0.05, 0.1) is 6.10 Å². The van der Waals surface area contributed by atoms with Gasteiger partial charge in [-0.3, -0.25) is 0 Å². The van der Waals surface area contributed by atoms with E-state index in [9.17, 15) is 0 Å². The van der Waals surface area contributed by atoms with Crippen LogP contribution in [0.1, 0.15) is 52.4 Å². The normalized spacial score (nSPS) is 36.9. The van der Waals surface area contributed by atoms with Crippen molar-refractivity contribution in [3.05, 3.63) is 0 Å². The lowest BCUT2D eigenvalue weighted by atomic mass is 9.97. The van der Waals surface area contributed by atoms with Crippen molar-refractivity contribution in [1.82, 2.24) is 0 Å². The fourth-order valence-electron chi connectivity index (χ4n) is 2.91. The topological polar surface area (TPSA) is 29.5 Å². The van der Waals surface area contributed by atoms with Crippen LogP contribution in [0.4, 0.5) is 0 Å². The Bertz CT molecular complexity index is 229. The van der Waals surface area contributed by atoms with Gasteiger partial charge in [-0.25, -0.2) is 0 Å². The molecule has 0 bridgehead atoms. The molecule has 100 valence electrons. The zero-order chi connectivity index (χ0) is 12.3. The predicted octanol–water partition coefficient (Wildman–Crippen LogP) is 3.24. The van der Waals surface area contributed by atoms with Gasteiger partial charge >= 0.3 is 0 Å². The second kappa shape index (κ2) is 6.19. The van der Waals surface area contributed by atoms with E-state index in [2.05, 4.69) is 13.8 Å². The van der Waals surface area contributed by atoms with Crippen LogP contribution >= 0.6 is 0 Å². The van der Waals surface area contributed by atoms with Gasteiger partial charge in [0.1, 0.15) is 0 Å². The number of hydrogen-bond donors (Lipinski definition) is 1. The smallest absolute Gasteiger partial charge is 0.0607 e. The molecule has 5 unspecified atom stereocenters. The Morgan fingerprint density at radius 1 is 1.29 bits per heavy atom. The molecule has 17 heavy (non-hydrogen) atoms. The van der Waals surface area contributed by atoms with Crippen molar-refractivity contribution in [1.29, 1.82) is 0 Å². The van der Waals surface area contributed by atoms with Crippen LogP contribution in [0.3, 0.4) is 0 Å². The summed E-state index contributed by atoms with van der Waals surface area (Å²) in [5.74, 6) is 3.76. The van der Waals surface area contributed by atoms with Crippen molar-refractivity contribution in [3.8, 4) is 0 Å². The van der Waals surface area contributed by atoms with E-state index in [0.717, 1.165) is 36.7 Å². The molecular formula is C15H28O2. The molecule has 2 aliphatic carbocycles. The largest absolute Gasteiger partial charge is 0.396 e. The van der Waals surface area contributed by atoms with Crippen molar-refractivity contribution in [2.45, 2.75) is 58.5 Å². The first-order valence-corrected chi connectivity index (χ1v) is 7.43. The molecule has 2 aliphatic rings. The van der Waals surface area contributed by atoms with Crippen molar-refractivity contribution in [2.75, 3.05) is 13.2 Å². The van der Waals surface area contributed by atoms with E-state index in [0.29, 0.717) is 6.10 Å². The van der Waals surface area contributed by atoms with Crippen molar-refractivity contribution in [2.24, 2.45) is 23.7 Å². The second-order valence-electron chi connectivity index (χ2n) is 6.37. The Labute approximate surface area is 106 Å². The number of rotatable bonds is 9. The molecule has 0 aliphatic heterocycles. The van der Waals surface area contributed by atoms with E-state index in [1.165, 1.54) is 32.1 Å². The van der Waals surface area contributed by atoms with Crippen molar-refractivity contribution < 1.29 is 9.84 Å². The Hall–Kier alpha value is -0.0800. The summed E-state index contributed by atoms with van der Waals surface area (Å²) in [5.41, 5.74) is 0. The Morgan fingerprint density at radius 2 is 2.06 bits per heavy atom. The molecule has 0 saturated heterocycles. The highest BCUT2D eigenvalue weighted by atomic mass is 16.5. The highest BCUT2D eigenvalue weighted by Gasteiger charge is 2.39. The summed E-state index contributed by atoms with van der Waals surface area (Å²) in [6.07, 6.45) is 8.26. The predicted molar refractivity (Wildman–Crippen MR) is 69.8 cm³/mol. The van der Waals surface area contributed by atoms with Crippen LogP contribution in [-0.2, 0) is 4.74 Å². The summed E-state index contributed by atoms with van der Waals surface area (Å²) in [6.45, 7) is 5.77. The molecule has 0 heterocycles. The molecule has 2 saturated carbocycles. The Kier molecular flexibility index (Phi) is 4.87. The average Bonchev–Trinajstić information content (AvgIpc) is 3.17. The van der Waals surface area contributed by atoms with Gasteiger partial charge in [0, 0.05) is 13.2 Å². The maximum absolute atomic E-state index is 8.68.